The van der Waals surface area contributed by atoms with Gasteiger partial charge in [-0.05, 0) is 122 Å². The van der Waals surface area contributed by atoms with E-state index in [1.54, 1.807) is 0 Å². The van der Waals surface area contributed by atoms with Crippen molar-refractivity contribution in [3.8, 4) is 0 Å². The van der Waals surface area contributed by atoms with E-state index in [1.165, 1.54) is 109 Å². The van der Waals surface area contributed by atoms with Gasteiger partial charge in [-0.1, -0.05) is 282 Å². The van der Waals surface area contributed by atoms with Crippen LogP contribution in [0.15, 0.2) is 146 Å². The number of hydrogen-bond acceptors (Lipinski definition) is 8. The van der Waals surface area contributed by atoms with Crippen LogP contribution in [0.2, 0.25) is 0 Å². The minimum Gasteiger partial charge on any atom is -0.545 e. The van der Waals surface area contributed by atoms with Gasteiger partial charge in [0, 0.05) is 12.8 Å². The van der Waals surface area contributed by atoms with Crippen molar-refractivity contribution in [2.45, 2.75) is 283 Å². The maximum Gasteiger partial charge on any atom is 0.306 e. The fraction of sp³-hybridized carbons (Fsp3) is 0.654. The summed E-state index contributed by atoms with van der Waals surface area (Å²) in [5.74, 6) is -2.30. The molecule has 0 amide bonds. The smallest absolute Gasteiger partial charge is 0.306 e. The summed E-state index contributed by atoms with van der Waals surface area (Å²) in [7, 11) is 5.92. The van der Waals surface area contributed by atoms with Gasteiger partial charge in [0.1, 0.15) is 13.2 Å². The minimum atomic E-state index is -1.63. The van der Waals surface area contributed by atoms with E-state index in [1.807, 2.05) is 21.1 Å². The van der Waals surface area contributed by atoms with Gasteiger partial charge >= 0.3 is 11.9 Å². The van der Waals surface area contributed by atoms with Gasteiger partial charge in [0.05, 0.1) is 40.3 Å². The van der Waals surface area contributed by atoms with Crippen molar-refractivity contribution in [2.24, 2.45) is 0 Å². The molecule has 0 saturated heterocycles. The number of unbranched alkanes of at least 4 members (excludes halogenated alkanes) is 24. The number of esters is 2. The van der Waals surface area contributed by atoms with Crippen LogP contribution >= 0.6 is 0 Å². The van der Waals surface area contributed by atoms with E-state index < -0.39 is 24.3 Å². The normalized spacial score (nSPS) is 13.6. The van der Waals surface area contributed by atoms with E-state index in [0.717, 1.165) is 128 Å². The Morgan fingerprint density at radius 2 is 0.655 bits per heavy atom. The molecule has 0 aromatic heterocycles. The van der Waals surface area contributed by atoms with Gasteiger partial charge in [0.25, 0.3) is 0 Å². The lowest BCUT2D eigenvalue weighted by atomic mass is 10.0. The number of carboxylic acids is 1. The molecule has 0 N–H and O–H groups in total. The van der Waals surface area contributed by atoms with Gasteiger partial charge in [-0.3, -0.25) is 9.59 Å². The molecule has 0 bridgehead atoms. The number of aliphatic carboxylic acids is 1. The number of quaternary nitrogens is 1. The summed E-state index contributed by atoms with van der Waals surface area (Å²) < 4.78 is 22.8. The van der Waals surface area contributed by atoms with Crippen LogP contribution in [0.1, 0.15) is 271 Å². The van der Waals surface area contributed by atoms with Crippen LogP contribution in [0.3, 0.4) is 0 Å². The van der Waals surface area contributed by atoms with Crippen molar-refractivity contribution in [2.75, 3.05) is 47.5 Å². The summed E-state index contributed by atoms with van der Waals surface area (Å²) in [6, 6.07) is 0. The maximum atomic E-state index is 12.9. The average molecular weight is 1210 g/mol. The first kappa shape index (κ1) is 82.2. The number of carboxylic acid groups (broad SMARTS) is 1. The molecule has 0 aliphatic carbocycles. The molecule has 0 heterocycles. The molecule has 9 nitrogen and oxygen atoms in total. The van der Waals surface area contributed by atoms with E-state index in [2.05, 4.69) is 160 Å². The lowest BCUT2D eigenvalue weighted by molar-refractivity contribution is -0.870. The largest absolute Gasteiger partial charge is 0.545 e. The van der Waals surface area contributed by atoms with Crippen molar-refractivity contribution < 1.29 is 42.9 Å². The fourth-order valence-electron chi connectivity index (χ4n) is 9.24. The molecule has 2 atom stereocenters. The Bertz CT molecular complexity index is 1940. The molecule has 0 aromatic rings. The highest BCUT2D eigenvalue weighted by molar-refractivity contribution is 5.70. The van der Waals surface area contributed by atoms with Crippen LogP contribution in [-0.2, 0) is 33.3 Å². The first-order valence-electron chi connectivity index (χ1n) is 35.0. The molecule has 0 aliphatic heterocycles. The van der Waals surface area contributed by atoms with E-state index in [-0.39, 0.29) is 38.6 Å². The van der Waals surface area contributed by atoms with Crippen molar-refractivity contribution in [3.63, 3.8) is 0 Å². The molecule has 0 radical (unpaired) electrons. The number of carbonyl (C=O) groups is 3. The molecule has 2 unspecified atom stereocenters. The number of rotatable bonds is 63. The van der Waals surface area contributed by atoms with E-state index >= 15 is 0 Å². The van der Waals surface area contributed by atoms with Crippen molar-refractivity contribution in [1.29, 1.82) is 0 Å². The second-order valence-electron chi connectivity index (χ2n) is 24.1. The van der Waals surface area contributed by atoms with Crippen molar-refractivity contribution in [3.05, 3.63) is 146 Å². The number of carbonyl (C=O) groups excluding carboxylic acids is 3. The average Bonchev–Trinajstić information content (AvgIpc) is 3.59. The summed E-state index contributed by atoms with van der Waals surface area (Å²) >= 11 is 0. The van der Waals surface area contributed by atoms with Gasteiger partial charge in [0.2, 0.25) is 0 Å². The summed E-state index contributed by atoms with van der Waals surface area (Å²) in [6.07, 6.45) is 94.9. The Labute approximate surface area is 534 Å². The molecule has 0 fully saturated rings. The topological polar surface area (TPSA) is 111 Å². The number of ether oxygens (including phenoxy) is 4. The summed E-state index contributed by atoms with van der Waals surface area (Å²) in [4.78, 5) is 37.5. The lowest BCUT2D eigenvalue weighted by Gasteiger charge is -2.26. The number of nitrogens with zero attached hydrogens (tertiary/aromatic N) is 1. The maximum absolute atomic E-state index is 12.9. The quantitative estimate of drug-likeness (QED) is 0.0195. The van der Waals surface area contributed by atoms with Gasteiger partial charge in [-0.2, -0.15) is 0 Å². The van der Waals surface area contributed by atoms with Gasteiger partial charge in [-0.25, -0.2) is 0 Å². The van der Waals surface area contributed by atoms with E-state index in [9.17, 15) is 19.5 Å². The minimum absolute atomic E-state index is 0.140. The van der Waals surface area contributed by atoms with E-state index in [0.29, 0.717) is 17.4 Å². The zero-order chi connectivity index (χ0) is 63.3. The second-order valence-corrected chi connectivity index (χ2v) is 24.1. The van der Waals surface area contributed by atoms with Crippen LogP contribution in [0.4, 0.5) is 0 Å². The summed E-state index contributed by atoms with van der Waals surface area (Å²) in [5, 5.41) is 11.8. The Morgan fingerprint density at radius 1 is 0.356 bits per heavy atom. The Kier molecular flexibility index (Phi) is 63.4. The Morgan fingerprint density at radius 3 is 0.977 bits per heavy atom. The monoisotopic (exact) mass is 1210 g/mol. The highest BCUT2D eigenvalue weighted by Crippen LogP contribution is 2.16. The fourth-order valence-corrected chi connectivity index (χ4v) is 9.24. The van der Waals surface area contributed by atoms with Crippen LogP contribution in [0, 0.1) is 0 Å². The molecule has 0 aliphatic rings. The first-order valence-corrected chi connectivity index (χ1v) is 35.0. The number of hydrogen-bond donors (Lipinski definition) is 0. The molecule has 0 saturated carbocycles. The predicted molar refractivity (Wildman–Crippen MR) is 370 cm³/mol. The highest BCUT2D eigenvalue weighted by Gasteiger charge is 2.22. The summed E-state index contributed by atoms with van der Waals surface area (Å²) in [5.41, 5.74) is 0. The number of likely N-dealkylation sites (N-methyl/N-ethyl adjacent to an activating group) is 1. The van der Waals surface area contributed by atoms with Crippen molar-refractivity contribution >= 4 is 17.9 Å². The van der Waals surface area contributed by atoms with Gasteiger partial charge in [-0.15, -0.1) is 0 Å². The Hall–Kier alpha value is -4.83. The van der Waals surface area contributed by atoms with Gasteiger partial charge in [0.15, 0.2) is 12.4 Å². The van der Waals surface area contributed by atoms with Gasteiger partial charge < -0.3 is 33.3 Å². The number of allylic oxidation sites excluding steroid dienone is 24. The molecular weight excluding hydrogens is 1080 g/mol. The molecule has 0 aromatic carbocycles. The van der Waals surface area contributed by atoms with Crippen LogP contribution in [0.5, 0.6) is 0 Å². The first-order chi connectivity index (χ1) is 42.6. The Balaban J connectivity index is 4.15. The third kappa shape index (κ3) is 68.5. The molecular formula is C78H129NO8. The molecule has 87 heavy (non-hydrogen) atoms. The zero-order valence-corrected chi connectivity index (χ0v) is 56.3. The lowest BCUT2D eigenvalue weighted by Crippen LogP contribution is -2.44. The van der Waals surface area contributed by atoms with Crippen LogP contribution in [0.25, 0.3) is 0 Å². The highest BCUT2D eigenvalue weighted by atomic mass is 16.7. The van der Waals surface area contributed by atoms with Crippen molar-refractivity contribution in [1.82, 2.24) is 0 Å². The third-order valence-electron chi connectivity index (χ3n) is 14.6. The molecule has 0 spiro atoms. The summed E-state index contributed by atoms with van der Waals surface area (Å²) in [6.45, 7) is 4.61. The molecule has 0 rings (SSSR count). The second kappa shape index (κ2) is 67.1. The SMILES string of the molecule is CC/C=C\C/C=C\C/C=C\C/C=C\C/C=C\C/C=C\C/C=C\C/C=C\C/C=C\C/C=C\CCCCCCCCCCCCC(=O)OC(COC(=O)CCCCCCCCCCC/C=C\C/C=C\CCCCCCC)COC(OCC[N+](C)(C)C)C(=O)[O-]. The van der Waals surface area contributed by atoms with Crippen LogP contribution < -0.4 is 5.11 Å². The standard InChI is InChI=1S/C78H129NO8/c1-6-8-10-12-14-16-18-20-22-24-26-28-29-30-31-32-33-34-35-36-37-38-39-40-41-42-43-44-45-46-47-49-51-53-55-57-59-61-63-65-67-69-76(81)87-74(73-86-78(77(82)83)84-71-70-79(3,4)5)72-85-75(80)68-66-64-62-60-58-56-54-52-50-48-27-25-23-21-19-17-15-13-11-9-7-2/h8,10,14,16,19-22,25-28,30-31,33-34,36-37,39-40,42-43,45-46,74,78H,6-7,9,11-13,15,17-18,23-24,29,32,35,38,41,44,47-73H2,1-5H3/b10-8-,16-14-,21-19-,22-20-,27-25-,28-26-,31-30-,34-33-,37-36-,40-39-,43-42-,46-45-. The predicted octanol–water partition coefficient (Wildman–Crippen LogP) is 20.6. The molecule has 9 heteroatoms. The van der Waals surface area contributed by atoms with Crippen LogP contribution in [-0.4, -0.2) is 82.3 Å². The zero-order valence-electron chi connectivity index (χ0n) is 56.3. The molecule has 494 valence electrons. The third-order valence-corrected chi connectivity index (χ3v) is 14.6. The van der Waals surface area contributed by atoms with E-state index in [4.69, 9.17) is 18.9 Å².